The highest BCUT2D eigenvalue weighted by molar-refractivity contribution is 5.87. The van der Waals surface area contributed by atoms with Crippen molar-refractivity contribution in [1.82, 2.24) is 9.47 Å². The smallest absolute Gasteiger partial charge is 0.323 e. The van der Waals surface area contributed by atoms with Crippen LogP contribution in [0.4, 0.5) is 4.39 Å². The highest BCUT2D eigenvalue weighted by Gasteiger charge is 2.30. The molecule has 0 aliphatic heterocycles. The third-order valence-electron chi connectivity index (χ3n) is 6.25. The van der Waals surface area contributed by atoms with Crippen LogP contribution in [0.2, 0.25) is 0 Å². The van der Waals surface area contributed by atoms with Crippen molar-refractivity contribution in [2.75, 3.05) is 6.54 Å². The molecule has 1 atom stereocenters. The Morgan fingerprint density at radius 1 is 1.19 bits per heavy atom. The number of carbonyl (C=O) groups excluding carboxylic acids is 1. The molecule has 1 unspecified atom stereocenters. The van der Waals surface area contributed by atoms with Crippen LogP contribution in [0.25, 0.3) is 10.9 Å². The maximum absolute atomic E-state index is 14.0. The predicted molar refractivity (Wildman–Crippen MR) is 117 cm³/mol. The summed E-state index contributed by atoms with van der Waals surface area (Å²) in [7, 11) is 0. The second-order valence-electron chi connectivity index (χ2n) is 8.26. The van der Waals surface area contributed by atoms with Crippen molar-refractivity contribution in [3.05, 3.63) is 71.2 Å². The zero-order chi connectivity index (χ0) is 22.0. The summed E-state index contributed by atoms with van der Waals surface area (Å²) in [5, 5.41) is 10.1. The Labute approximate surface area is 181 Å². The molecule has 0 fully saturated rings. The van der Waals surface area contributed by atoms with E-state index in [0.29, 0.717) is 19.4 Å². The minimum Gasteiger partial charge on any atom is -0.480 e. The van der Waals surface area contributed by atoms with E-state index in [1.54, 1.807) is 17.6 Å². The molecule has 1 aliphatic rings. The molecule has 0 radical (unpaired) electrons. The molecule has 1 aromatic heterocycles. The molecule has 3 aromatic rings. The number of halogens is 1. The van der Waals surface area contributed by atoms with Gasteiger partial charge in [-0.3, -0.25) is 9.59 Å². The van der Waals surface area contributed by atoms with Crippen LogP contribution in [0.5, 0.6) is 0 Å². The largest absolute Gasteiger partial charge is 0.480 e. The summed E-state index contributed by atoms with van der Waals surface area (Å²) < 4.78 is 15.8. The molecule has 0 saturated carbocycles. The molecule has 5 nitrogen and oxygen atoms in total. The quantitative estimate of drug-likeness (QED) is 0.621. The third kappa shape index (κ3) is 4.48. The molecule has 1 amide bonds. The minimum atomic E-state index is -0.919. The van der Waals surface area contributed by atoms with E-state index < -0.39 is 5.97 Å². The Morgan fingerprint density at radius 2 is 1.97 bits per heavy atom. The number of carbonyl (C=O) groups is 2. The summed E-state index contributed by atoms with van der Waals surface area (Å²) in [6.45, 7) is 2.13. The lowest BCUT2D eigenvalue weighted by atomic mass is 9.90. The first-order chi connectivity index (χ1) is 14.9. The van der Waals surface area contributed by atoms with Crippen LogP contribution in [0.3, 0.4) is 0 Å². The fourth-order valence-electron chi connectivity index (χ4n) is 4.88. The maximum Gasteiger partial charge on any atom is 0.323 e. The van der Waals surface area contributed by atoms with Crippen LogP contribution in [0, 0.1) is 5.82 Å². The minimum absolute atomic E-state index is 0.0351. The first kappa shape index (κ1) is 21.1. The highest BCUT2D eigenvalue weighted by atomic mass is 19.1. The number of rotatable bonds is 7. The van der Waals surface area contributed by atoms with Crippen LogP contribution in [0.15, 0.2) is 48.5 Å². The first-order valence-electron chi connectivity index (χ1n) is 10.8. The van der Waals surface area contributed by atoms with Crippen LogP contribution >= 0.6 is 0 Å². The van der Waals surface area contributed by atoms with Crippen molar-refractivity contribution in [2.45, 2.75) is 51.6 Å². The summed E-state index contributed by atoms with van der Waals surface area (Å²) >= 11 is 0. The SMILES string of the molecule is CC(=O)N(CCCc1ccccc1)C1CCc2c(c3cc(F)ccc3n2CC(=O)O)C1. The van der Waals surface area contributed by atoms with Gasteiger partial charge >= 0.3 is 5.97 Å². The summed E-state index contributed by atoms with van der Waals surface area (Å²) in [5.74, 6) is -1.21. The highest BCUT2D eigenvalue weighted by Crippen LogP contribution is 2.34. The van der Waals surface area contributed by atoms with Gasteiger partial charge in [-0.1, -0.05) is 30.3 Å². The second kappa shape index (κ2) is 8.92. The van der Waals surface area contributed by atoms with Crippen LogP contribution in [0.1, 0.15) is 36.6 Å². The topological polar surface area (TPSA) is 62.5 Å². The van der Waals surface area contributed by atoms with Gasteiger partial charge in [0.05, 0.1) is 0 Å². The summed E-state index contributed by atoms with van der Waals surface area (Å²) in [6.07, 6.45) is 3.85. The summed E-state index contributed by atoms with van der Waals surface area (Å²) in [4.78, 5) is 25.8. The van der Waals surface area contributed by atoms with Gasteiger partial charge in [-0.05, 0) is 61.4 Å². The average Bonchev–Trinajstić information content (AvgIpc) is 3.03. The number of nitrogens with zero attached hydrogens (tertiary/aromatic N) is 2. The van der Waals surface area contributed by atoms with Gasteiger partial charge in [0.15, 0.2) is 0 Å². The second-order valence-corrected chi connectivity index (χ2v) is 8.26. The molecular weight excluding hydrogens is 395 g/mol. The van der Waals surface area contributed by atoms with Crippen molar-refractivity contribution < 1.29 is 19.1 Å². The van der Waals surface area contributed by atoms with Crippen molar-refractivity contribution in [2.24, 2.45) is 0 Å². The summed E-state index contributed by atoms with van der Waals surface area (Å²) in [5.41, 5.74) is 3.92. The number of aryl methyl sites for hydroxylation is 1. The Hall–Kier alpha value is -3.15. The standard InChI is InChI=1S/C25H27FN2O3/c1-17(29)27(13-5-8-18-6-3-2-4-7-18)20-10-12-24-22(15-20)21-14-19(26)9-11-23(21)28(24)16-25(30)31/h2-4,6-7,9,11,14,20H,5,8,10,12-13,15-16H2,1H3,(H,30,31). The zero-order valence-electron chi connectivity index (χ0n) is 17.7. The number of aromatic nitrogens is 1. The molecule has 6 heteroatoms. The van der Waals surface area contributed by atoms with Gasteiger partial charge in [-0.15, -0.1) is 0 Å². The lowest BCUT2D eigenvalue weighted by Gasteiger charge is -2.34. The Morgan fingerprint density at radius 3 is 2.68 bits per heavy atom. The number of hydrogen-bond donors (Lipinski definition) is 1. The van der Waals surface area contributed by atoms with Crippen molar-refractivity contribution in [3.63, 3.8) is 0 Å². The monoisotopic (exact) mass is 422 g/mol. The van der Waals surface area contributed by atoms with Crippen LogP contribution in [-0.2, 0) is 35.4 Å². The first-order valence-corrected chi connectivity index (χ1v) is 10.8. The van der Waals surface area contributed by atoms with Gasteiger partial charge < -0.3 is 14.6 Å². The van der Waals surface area contributed by atoms with E-state index in [4.69, 9.17) is 0 Å². The lowest BCUT2D eigenvalue weighted by molar-refractivity contribution is -0.137. The molecule has 162 valence electrons. The van der Waals surface area contributed by atoms with Crippen molar-refractivity contribution in [3.8, 4) is 0 Å². The lowest BCUT2D eigenvalue weighted by Crippen LogP contribution is -2.43. The van der Waals surface area contributed by atoms with Crippen molar-refractivity contribution >= 4 is 22.8 Å². The van der Waals surface area contributed by atoms with Gasteiger partial charge in [-0.2, -0.15) is 0 Å². The third-order valence-corrected chi connectivity index (χ3v) is 6.25. The van der Waals surface area contributed by atoms with E-state index in [-0.39, 0.29) is 24.3 Å². The normalized spacial score (nSPS) is 15.6. The fourth-order valence-corrected chi connectivity index (χ4v) is 4.88. The zero-order valence-corrected chi connectivity index (χ0v) is 17.7. The number of benzene rings is 2. The van der Waals surface area contributed by atoms with E-state index in [0.717, 1.165) is 41.4 Å². The summed E-state index contributed by atoms with van der Waals surface area (Å²) in [6, 6.07) is 14.8. The fraction of sp³-hybridized carbons (Fsp3) is 0.360. The van der Waals surface area contributed by atoms with Gasteiger partial charge in [0.25, 0.3) is 0 Å². The molecule has 0 bridgehead atoms. The predicted octanol–water partition coefficient (Wildman–Crippen LogP) is 4.20. The Balaban J connectivity index is 1.57. The number of fused-ring (bicyclic) bond motifs is 3. The van der Waals surface area contributed by atoms with Gasteiger partial charge in [0.1, 0.15) is 12.4 Å². The Kier molecular flexibility index (Phi) is 6.07. The molecule has 31 heavy (non-hydrogen) atoms. The van der Waals surface area contributed by atoms with E-state index in [9.17, 15) is 19.1 Å². The van der Waals surface area contributed by atoms with E-state index in [1.165, 1.54) is 17.7 Å². The number of carboxylic acid groups (broad SMARTS) is 1. The molecule has 2 aromatic carbocycles. The molecule has 1 heterocycles. The van der Waals surface area contributed by atoms with Crippen molar-refractivity contribution in [1.29, 1.82) is 0 Å². The molecule has 0 saturated heterocycles. The molecular formula is C25H27FN2O3. The molecule has 1 N–H and O–H groups in total. The van der Waals surface area contributed by atoms with E-state index >= 15 is 0 Å². The van der Waals surface area contributed by atoms with Gasteiger partial charge in [0, 0.05) is 36.1 Å². The van der Waals surface area contributed by atoms with Crippen LogP contribution < -0.4 is 0 Å². The number of hydrogen-bond acceptors (Lipinski definition) is 2. The molecule has 0 spiro atoms. The molecule has 1 aliphatic carbocycles. The number of carboxylic acids is 1. The molecule has 4 rings (SSSR count). The van der Waals surface area contributed by atoms with Gasteiger partial charge in [-0.25, -0.2) is 4.39 Å². The van der Waals surface area contributed by atoms with E-state index in [1.807, 2.05) is 23.1 Å². The van der Waals surface area contributed by atoms with E-state index in [2.05, 4.69) is 12.1 Å². The maximum atomic E-state index is 14.0. The van der Waals surface area contributed by atoms with Crippen LogP contribution in [-0.4, -0.2) is 39.0 Å². The van der Waals surface area contributed by atoms with Gasteiger partial charge in [0.2, 0.25) is 5.91 Å². The number of aliphatic carboxylic acids is 1. The Bertz CT molecular complexity index is 1110. The number of amides is 1. The average molecular weight is 423 g/mol.